The number of ether oxygens (including phenoxy) is 2. The number of benzene rings is 1. The number of aromatic carboxylic acids is 1. The number of halogens is 4. The fourth-order valence-corrected chi connectivity index (χ4v) is 2.94. The molecule has 1 fully saturated rings. The number of alkyl halides is 3. The van der Waals surface area contributed by atoms with Crippen LogP contribution < -0.4 is 14.4 Å². The van der Waals surface area contributed by atoms with Gasteiger partial charge in [0.25, 0.3) is 5.88 Å². The van der Waals surface area contributed by atoms with E-state index in [0.717, 1.165) is 0 Å². The average molecular weight is 407 g/mol. The fraction of sp³-hybridized carbons (Fsp3) is 0.400. The summed E-state index contributed by atoms with van der Waals surface area (Å²) >= 11 is 5.87. The number of anilines is 1. The molecule has 0 spiro atoms. The maximum Gasteiger partial charge on any atom is 0.573 e. The highest BCUT2D eigenvalue weighted by atomic mass is 35.5. The predicted octanol–water partition coefficient (Wildman–Crippen LogP) is 3.10. The maximum absolute atomic E-state index is 12.3. The molecule has 0 bridgehead atoms. The number of aromatic nitrogens is 3. The number of carboxylic acid groups (broad SMARTS) is 1. The van der Waals surface area contributed by atoms with E-state index in [-0.39, 0.29) is 22.7 Å². The molecule has 0 saturated carbocycles. The number of rotatable bonds is 5. The molecule has 2 N–H and O–H groups in total. The summed E-state index contributed by atoms with van der Waals surface area (Å²) in [6.45, 7) is 1.08. The number of carboxylic acids is 1. The van der Waals surface area contributed by atoms with Gasteiger partial charge in [-0.2, -0.15) is 0 Å². The minimum atomic E-state index is -4.81. The summed E-state index contributed by atoms with van der Waals surface area (Å²) in [6, 6.07) is 4.07. The normalized spacial score (nSPS) is 15.6. The van der Waals surface area contributed by atoms with Crippen LogP contribution >= 0.6 is 11.6 Å². The van der Waals surface area contributed by atoms with Crippen LogP contribution in [0.2, 0.25) is 5.02 Å². The molecular weight excluding hydrogens is 393 g/mol. The van der Waals surface area contributed by atoms with Crippen LogP contribution in [0.5, 0.6) is 11.6 Å². The molecule has 27 heavy (non-hydrogen) atoms. The van der Waals surface area contributed by atoms with Gasteiger partial charge in [-0.25, -0.2) is 9.89 Å². The van der Waals surface area contributed by atoms with Gasteiger partial charge in [-0.05, 0) is 18.2 Å². The zero-order chi connectivity index (χ0) is 19.6. The molecule has 0 amide bonds. The third kappa shape index (κ3) is 4.73. The Kier molecular flexibility index (Phi) is 5.31. The van der Waals surface area contributed by atoms with Gasteiger partial charge in [-0.3, -0.25) is 0 Å². The highest BCUT2D eigenvalue weighted by Gasteiger charge is 2.32. The van der Waals surface area contributed by atoms with Crippen LogP contribution in [0.3, 0.4) is 0 Å². The van der Waals surface area contributed by atoms with Gasteiger partial charge in [0.2, 0.25) is 5.69 Å². The minimum Gasteiger partial charge on any atom is -0.476 e. The van der Waals surface area contributed by atoms with Crippen molar-refractivity contribution in [2.24, 2.45) is 0 Å². The van der Waals surface area contributed by atoms with E-state index in [4.69, 9.17) is 21.4 Å². The van der Waals surface area contributed by atoms with E-state index in [9.17, 15) is 18.0 Å². The number of carbonyl (C=O) groups is 1. The van der Waals surface area contributed by atoms with Gasteiger partial charge in [0, 0.05) is 31.6 Å². The second-order valence-corrected chi connectivity index (χ2v) is 6.17. The second kappa shape index (κ2) is 7.51. The summed E-state index contributed by atoms with van der Waals surface area (Å²) in [5.41, 5.74) is 0.435. The number of piperidine rings is 1. The Morgan fingerprint density at radius 1 is 1.33 bits per heavy atom. The van der Waals surface area contributed by atoms with Crippen molar-refractivity contribution in [2.75, 3.05) is 18.0 Å². The first kappa shape index (κ1) is 19.1. The Morgan fingerprint density at radius 2 is 2.04 bits per heavy atom. The molecule has 0 radical (unpaired) electrons. The first-order valence-corrected chi connectivity index (χ1v) is 8.22. The molecule has 12 heteroatoms. The van der Waals surface area contributed by atoms with E-state index in [2.05, 4.69) is 20.1 Å². The molecule has 0 atom stereocenters. The Morgan fingerprint density at radius 3 is 2.63 bits per heavy atom. The molecule has 0 aliphatic carbocycles. The van der Waals surface area contributed by atoms with E-state index in [0.29, 0.717) is 31.6 Å². The third-order valence-electron chi connectivity index (χ3n) is 3.96. The lowest BCUT2D eigenvalue weighted by atomic mass is 10.1. The lowest BCUT2D eigenvalue weighted by Crippen LogP contribution is -2.38. The van der Waals surface area contributed by atoms with E-state index in [1.165, 1.54) is 18.2 Å². The Balaban J connectivity index is 1.60. The van der Waals surface area contributed by atoms with Crippen molar-refractivity contribution in [2.45, 2.75) is 25.3 Å². The number of nitrogens with zero attached hydrogens (tertiary/aromatic N) is 3. The Hall–Kier alpha value is -2.69. The van der Waals surface area contributed by atoms with Crippen molar-refractivity contribution in [3.05, 3.63) is 28.9 Å². The Bertz CT molecular complexity index is 822. The molecule has 8 nitrogen and oxygen atoms in total. The largest absolute Gasteiger partial charge is 0.573 e. The van der Waals surface area contributed by atoms with Crippen molar-refractivity contribution < 1.29 is 32.5 Å². The number of hydrogen-bond donors (Lipinski definition) is 2. The van der Waals surface area contributed by atoms with Crippen LogP contribution in [-0.4, -0.2) is 52.0 Å². The molecule has 2 heterocycles. The summed E-state index contributed by atoms with van der Waals surface area (Å²) < 4.78 is 46.3. The zero-order valence-electron chi connectivity index (χ0n) is 13.7. The van der Waals surface area contributed by atoms with Crippen LogP contribution in [0.25, 0.3) is 0 Å². The topological polar surface area (TPSA) is 101 Å². The first-order chi connectivity index (χ1) is 12.7. The molecule has 1 aromatic carbocycles. The van der Waals surface area contributed by atoms with Gasteiger partial charge in [0.15, 0.2) is 0 Å². The van der Waals surface area contributed by atoms with E-state index >= 15 is 0 Å². The van der Waals surface area contributed by atoms with E-state index < -0.39 is 18.1 Å². The molecule has 1 aliphatic rings. The van der Waals surface area contributed by atoms with Crippen molar-refractivity contribution in [1.29, 1.82) is 0 Å². The second-order valence-electron chi connectivity index (χ2n) is 5.76. The molecule has 2 aromatic rings. The Labute approximate surface area is 155 Å². The number of aromatic amines is 1. The zero-order valence-corrected chi connectivity index (χ0v) is 14.4. The fourth-order valence-electron chi connectivity index (χ4n) is 2.72. The summed E-state index contributed by atoms with van der Waals surface area (Å²) in [6.07, 6.45) is -3.95. The molecule has 146 valence electrons. The highest BCUT2D eigenvalue weighted by molar-refractivity contribution is 6.32. The lowest BCUT2D eigenvalue weighted by Gasteiger charge is -2.33. The average Bonchev–Trinajstić information content (AvgIpc) is 3.05. The van der Waals surface area contributed by atoms with Crippen molar-refractivity contribution >= 4 is 23.3 Å². The van der Waals surface area contributed by atoms with Crippen LogP contribution in [0.4, 0.5) is 18.9 Å². The molecule has 1 aromatic heterocycles. The number of hydrogen-bond acceptors (Lipinski definition) is 6. The molecule has 0 unspecified atom stereocenters. The van der Waals surface area contributed by atoms with Gasteiger partial charge >= 0.3 is 12.3 Å². The van der Waals surface area contributed by atoms with Crippen LogP contribution in [0.15, 0.2) is 18.2 Å². The standard InChI is InChI=1S/C15H14ClF3N4O4/c16-10-7-8(1-2-11(10)27-15(17,18)19)23-5-3-9(4-6-23)26-13-12(14(24)25)20-22-21-13/h1-2,7,9H,3-6H2,(H,24,25)(H,20,21,22). The van der Waals surface area contributed by atoms with Gasteiger partial charge < -0.3 is 19.5 Å². The van der Waals surface area contributed by atoms with Crippen molar-refractivity contribution in [3.63, 3.8) is 0 Å². The summed E-state index contributed by atoms with van der Waals surface area (Å²) in [5, 5.41) is 18.1. The van der Waals surface area contributed by atoms with Crippen LogP contribution in [0, 0.1) is 0 Å². The van der Waals surface area contributed by atoms with E-state index in [1.807, 2.05) is 4.90 Å². The van der Waals surface area contributed by atoms with Gasteiger partial charge in [-0.1, -0.05) is 21.9 Å². The lowest BCUT2D eigenvalue weighted by molar-refractivity contribution is -0.274. The summed E-state index contributed by atoms with van der Waals surface area (Å²) in [5.74, 6) is -1.75. The first-order valence-electron chi connectivity index (χ1n) is 7.84. The van der Waals surface area contributed by atoms with E-state index in [1.54, 1.807) is 0 Å². The van der Waals surface area contributed by atoms with Gasteiger partial charge in [-0.15, -0.1) is 13.2 Å². The quantitative estimate of drug-likeness (QED) is 0.786. The monoisotopic (exact) mass is 406 g/mol. The van der Waals surface area contributed by atoms with Crippen LogP contribution in [-0.2, 0) is 0 Å². The highest BCUT2D eigenvalue weighted by Crippen LogP contribution is 2.34. The molecule has 1 aliphatic heterocycles. The van der Waals surface area contributed by atoms with Gasteiger partial charge in [0.05, 0.1) is 5.02 Å². The third-order valence-corrected chi connectivity index (χ3v) is 4.25. The molecular formula is C15H14ClF3N4O4. The molecule has 1 saturated heterocycles. The summed E-state index contributed by atoms with van der Waals surface area (Å²) in [4.78, 5) is 12.9. The van der Waals surface area contributed by atoms with Crippen LogP contribution in [0.1, 0.15) is 23.3 Å². The summed E-state index contributed by atoms with van der Waals surface area (Å²) in [7, 11) is 0. The minimum absolute atomic E-state index is 0.0716. The van der Waals surface area contributed by atoms with Crippen molar-refractivity contribution in [3.8, 4) is 11.6 Å². The van der Waals surface area contributed by atoms with Gasteiger partial charge in [0.1, 0.15) is 11.9 Å². The SMILES string of the molecule is O=C(O)c1[nH]nnc1OC1CCN(c2ccc(OC(F)(F)F)c(Cl)c2)CC1. The number of nitrogens with one attached hydrogen (secondary N) is 1. The predicted molar refractivity (Wildman–Crippen MR) is 87.3 cm³/mol. The smallest absolute Gasteiger partial charge is 0.476 e. The number of H-pyrrole nitrogens is 1. The van der Waals surface area contributed by atoms with Crippen molar-refractivity contribution in [1.82, 2.24) is 15.4 Å². The molecule has 3 rings (SSSR count). The maximum atomic E-state index is 12.3.